The largest absolute Gasteiger partial charge is 0.394 e. The molecule has 51 heavy (non-hydrogen) atoms. The van der Waals surface area contributed by atoms with Crippen molar-refractivity contribution in [2.75, 3.05) is 36.0 Å². The molecule has 0 unspecified atom stereocenters. The summed E-state index contributed by atoms with van der Waals surface area (Å²) < 4.78 is 23.2. The third-order valence-electron chi connectivity index (χ3n) is 11.1. The fraction of sp³-hybridized carbons (Fsp3) is 0.432. The van der Waals surface area contributed by atoms with Crippen molar-refractivity contribution in [1.29, 1.82) is 0 Å². The molecule has 7 rings (SSSR count). The van der Waals surface area contributed by atoms with Gasteiger partial charge in [-0.2, -0.15) is 0 Å². The van der Waals surface area contributed by atoms with E-state index in [-0.39, 0.29) is 55.7 Å². The van der Waals surface area contributed by atoms with E-state index in [9.17, 15) is 29.6 Å². The number of amides is 3. The number of aliphatic hydroxyl groups excluding tert-OH is 1. The highest BCUT2D eigenvalue weighted by atomic mass is 28.4. The lowest BCUT2D eigenvalue weighted by atomic mass is 9.82. The first-order valence-electron chi connectivity index (χ1n) is 17.4. The van der Waals surface area contributed by atoms with Crippen LogP contribution >= 0.6 is 0 Å². The maximum atomic E-state index is 16.5. The van der Waals surface area contributed by atoms with Crippen molar-refractivity contribution in [3.63, 3.8) is 0 Å². The molecule has 0 aliphatic carbocycles. The van der Waals surface area contributed by atoms with Crippen molar-refractivity contribution in [2.24, 2.45) is 5.92 Å². The number of hydrogen-bond acceptors (Lipinski definition) is 8. The second-order valence-electron chi connectivity index (χ2n) is 14.5. The van der Waals surface area contributed by atoms with E-state index in [4.69, 9.17) is 4.74 Å². The van der Waals surface area contributed by atoms with Gasteiger partial charge in [-0.05, 0) is 54.4 Å². The summed E-state index contributed by atoms with van der Waals surface area (Å²) in [6.45, 7) is 6.46. The van der Waals surface area contributed by atoms with E-state index in [1.807, 2.05) is 48.5 Å². The van der Waals surface area contributed by atoms with Crippen LogP contribution in [-0.4, -0.2) is 79.4 Å². The van der Waals surface area contributed by atoms with E-state index in [1.165, 1.54) is 36.2 Å². The summed E-state index contributed by atoms with van der Waals surface area (Å²) >= 11 is 0. The number of carbonyl (C=O) groups excluding carboxylic acids is 3. The first-order valence-corrected chi connectivity index (χ1v) is 20.3. The number of nitrogens with one attached hydrogen (secondary N) is 1. The average Bonchev–Trinajstić information content (AvgIpc) is 3.53. The molecule has 12 nitrogen and oxygen atoms in total. The molecule has 4 aliphatic rings. The van der Waals surface area contributed by atoms with E-state index in [1.54, 1.807) is 16.7 Å². The van der Waals surface area contributed by atoms with Crippen LogP contribution in [0.25, 0.3) is 0 Å². The smallest absolute Gasteiger partial charge is 0.269 e. The second kappa shape index (κ2) is 13.2. The van der Waals surface area contributed by atoms with Crippen LogP contribution in [0.4, 0.5) is 21.2 Å². The summed E-state index contributed by atoms with van der Waals surface area (Å²) in [7, 11) is -3.64. The van der Waals surface area contributed by atoms with E-state index in [0.29, 0.717) is 25.2 Å². The number of halogens is 1. The minimum atomic E-state index is -3.64. The first-order chi connectivity index (χ1) is 24.3. The molecule has 1 spiro atoms. The van der Waals surface area contributed by atoms with Gasteiger partial charge < -0.3 is 34.0 Å². The molecule has 0 radical (unpaired) electrons. The topological polar surface area (TPSA) is 146 Å². The van der Waals surface area contributed by atoms with E-state index in [2.05, 4.69) is 5.32 Å². The van der Waals surface area contributed by atoms with Crippen LogP contribution < -0.4 is 15.1 Å². The number of nitro groups is 1. The Morgan fingerprint density at radius 2 is 1.84 bits per heavy atom. The molecule has 3 aromatic carbocycles. The van der Waals surface area contributed by atoms with E-state index < -0.39 is 48.4 Å². The summed E-state index contributed by atoms with van der Waals surface area (Å²) in [4.78, 5) is 57.6. The predicted molar refractivity (Wildman–Crippen MR) is 190 cm³/mol. The van der Waals surface area contributed by atoms with Gasteiger partial charge in [-0.3, -0.25) is 24.5 Å². The number of aliphatic hydroxyl groups is 1. The zero-order chi connectivity index (χ0) is 36.2. The Balaban J connectivity index is 1.22. The number of fused-ring (bicyclic) bond motifs is 3. The number of ether oxygens (including phenoxy) is 1. The monoisotopic (exact) mass is 715 g/mol. The van der Waals surface area contributed by atoms with Gasteiger partial charge in [0.25, 0.3) is 11.6 Å². The number of non-ortho nitro benzene ring substituents is 1. The molecule has 0 aromatic heterocycles. The molecular formula is C37H42FN5O7Si. The van der Waals surface area contributed by atoms with Gasteiger partial charge in [-0.15, -0.1) is 0 Å². The van der Waals surface area contributed by atoms with Gasteiger partial charge in [0.15, 0.2) is 5.60 Å². The number of rotatable bonds is 8. The van der Waals surface area contributed by atoms with Gasteiger partial charge in [0.2, 0.25) is 20.2 Å². The summed E-state index contributed by atoms with van der Waals surface area (Å²) in [5, 5.41) is 25.3. The Morgan fingerprint density at radius 1 is 1.12 bits per heavy atom. The molecule has 4 heterocycles. The molecule has 2 N–H and O–H groups in total. The first kappa shape index (κ1) is 34.9. The zero-order valence-corrected chi connectivity index (χ0v) is 29.9. The Kier molecular flexibility index (Phi) is 9.06. The lowest BCUT2D eigenvalue weighted by Crippen LogP contribution is -2.48. The average molecular weight is 716 g/mol. The molecule has 3 amide bonds. The lowest BCUT2D eigenvalue weighted by Gasteiger charge is -2.37. The van der Waals surface area contributed by atoms with Crippen molar-refractivity contribution in [1.82, 2.24) is 10.2 Å². The summed E-state index contributed by atoms with van der Waals surface area (Å²) in [6.07, 6.45) is -0.712. The molecule has 5 atom stereocenters. The third-order valence-corrected chi connectivity index (χ3v) is 13.6. The van der Waals surface area contributed by atoms with Crippen LogP contribution in [0.5, 0.6) is 0 Å². The number of anilines is 2. The maximum absolute atomic E-state index is 16.5. The highest BCUT2D eigenvalue weighted by Crippen LogP contribution is 2.60. The molecule has 0 bridgehead atoms. The Morgan fingerprint density at radius 3 is 2.51 bits per heavy atom. The van der Waals surface area contributed by atoms with Gasteiger partial charge in [0.05, 0.1) is 48.9 Å². The fourth-order valence-electron chi connectivity index (χ4n) is 8.68. The molecular weight excluding hydrogens is 674 g/mol. The van der Waals surface area contributed by atoms with Crippen LogP contribution in [0, 0.1) is 16.0 Å². The molecule has 14 heteroatoms. The second-order valence-corrected chi connectivity index (χ2v) is 18.3. The van der Waals surface area contributed by atoms with E-state index in [0.717, 1.165) is 22.4 Å². The summed E-state index contributed by atoms with van der Waals surface area (Å²) in [5.74, 6) is -1.57. The predicted octanol–water partition coefficient (Wildman–Crippen LogP) is 4.19. The van der Waals surface area contributed by atoms with Crippen LogP contribution in [0.3, 0.4) is 0 Å². The maximum Gasteiger partial charge on any atom is 0.269 e. The number of piperazine rings is 1. The number of nitrogens with zero attached hydrogens (tertiary/aromatic N) is 4. The Bertz CT molecular complexity index is 1890. The van der Waals surface area contributed by atoms with Gasteiger partial charge in [0, 0.05) is 54.5 Å². The summed E-state index contributed by atoms with van der Waals surface area (Å²) in [6, 6.07) is 18.8. The van der Waals surface area contributed by atoms with Crippen molar-refractivity contribution in [3.05, 3.63) is 99.1 Å². The third kappa shape index (κ3) is 6.03. The van der Waals surface area contributed by atoms with Crippen LogP contribution in [0.2, 0.25) is 18.6 Å². The van der Waals surface area contributed by atoms with Crippen LogP contribution in [0.15, 0.2) is 66.7 Å². The lowest BCUT2D eigenvalue weighted by molar-refractivity contribution is -0.385. The fourth-order valence-corrected chi connectivity index (χ4v) is 11.2. The highest BCUT2D eigenvalue weighted by Gasteiger charge is 2.67. The molecule has 3 aromatic rings. The van der Waals surface area contributed by atoms with Crippen LogP contribution in [0.1, 0.15) is 35.6 Å². The van der Waals surface area contributed by atoms with E-state index >= 15 is 4.11 Å². The number of benzene rings is 3. The zero-order valence-electron chi connectivity index (χ0n) is 28.9. The minimum Gasteiger partial charge on any atom is -0.394 e. The number of carbonyl (C=O) groups is 3. The molecule has 4 aliphatic heterocycles. The SMILES string of the molecule is C[C@H]1[C@H]([Si](C)(C)F)[C@@H](CC(=O)N2Cc3ccccc3C[C@H]2CO)O[C@]12C(=O)N(Cc1ccc(N3CCNCC3=O)cc1)c1ccc([N+](=O)[O-])cc12. The van der Waals surface area contributed by atoms with Crippen molar-refractivity contribution < 1.29 is 33.3 Å². The standard InChI is InChI=1S/C37H42FN5O7Si/c1-23-35(51(2,3)38)32(18-33(45)41-21-26-7-5-4-6-25(26)16-29(41)22-44)50-37(23)30-17-28(43(48)49)12-13-31(30)42(36(37)47)20-24-8-10-27(11-9-24)40-15-14-39-19-34(40)46/h4-13,17,23,29,32,35,39,44H,14-16,18-22H2,1-3H3/t23-,29-,32+,35-,37+/m0/s1. The Hall–Kier alpha value is -4.50. The van der Waals surface area contributed by atoms with Crippen molar-refractivity contribution in [2.45, 2.75) is 69.2 Å². The number of hydrogen-bond donors (Lipinski definition) is 2. The number of nitro benzene ring substituents is 1. The normalized spacial score (nSPS) is 26.1. The van der Waals surface area contributed by atoms with Gasteiger partial charge >= 0.3 is 0 Å². The van der Waals surface area contributed by atoms with Crippen molar-refractivity contribution in [3.8, 4) is 0 Å². The van der Waals surface area contributed by atoms with Gasteiger partial charge in [-0.25, -0.2) is 0 Å². The highest BCUT2D eigenvalue weighted by molar-refractivity contribution is 6.72. The molecule has 0 saturated carbocycles. The van der Waals surface area contributed by atoms with Crippen molar-refractivity contribution >= 4 is 43.2 Å². The Labute approximate surface area is 296 Å². The molecule has 268 valence electrons. The molecule has 2 saturated heterocycles. The van der Waals surface area contributed by atoms with Crippen LogP contribution in [-0.2, 0) is 44.2 Å². The minimum absolute atomic E-state index is 0.0348. The quantitative estimate of drug-likeness (QED) is 0.153. The molecule has 2 fully saturated rings. The van der Waals surface area contributed by atoms with Gasteiger partial charge in [0.1, 0.15) is 0 Å². The van der Waals surface area contributed by atoms with Gasteiger partial charge in [-0.1, -0.05) is 43.3 Å². The summed E-state index contributed by atoms with van der Waals surface area (Å²) in [5.41, 5.74) is 1.46.